The summed E-state index contributed by atoms with van der Waals surface area (Å²) in [4.78, 5) is 2.30. The van der Waals surface area contributed by atoms with Gasteiger partial charge in [0.15, 0.2) is 0 Å². The first kappa shape index (κ1) is 15.0. The quantitative estimate of drug-likeness (QED) is 0.795. The Bertz CT molecular complexity index is 203. The Labute approximate surface area is 108 Å². The fourth-order valence-corrected chi connectivity index (χ4v) is 3.11. The van der Waals surface area contributed by atoms with Crippen molar-refractivity contribution in [3.63, 3.8) is 0 Å². The van der Waals surface area contributed by atoms with Crippen LogP contribution in [0.3, 0.4) is 0 Å². The third-order valence-electron chi connectivity index (χ3n) is 4.32. The molecule has 1 saturated carbocycles. The zero-order valence-corrected chi connectivity index (χ0v) is 12.7. The van der Waals surface area contributed by atoms with E-state index in [9.17, 15) is 0 Å². The van der Waals surface area contributed by atoms with Crippen molar-refractivity contribution >= 4 is 0 Å². The predicted molar refractivity (Wildman–Crippen MR) is 76.3 cm³/mol. The van der Waals surface area contributed by atoms with Crippen LogP contribution in [0.25, 0.3) is 0 Å². The van der Waals surface area contributed by atoms with E-state index in [1.165, 1.54) is 19.3 Å². The molecule has 0 saturated heterocycles. The summed E-state index contributed by atoms with van der Waals surface area (Å²) in [6, 6.07) is 1.34. The summed E-state index contributed by atoms with van der Waals surface area (Å²) in [6.07, 6.45) is 4.21. The first-order valence-electron chi connectivity index (χ1n) is 7.32. The van der Waals surface area contributed by atoms with E-state index in [0.29, 0.717) is 12.0 Å². The van der Waals surface area contributed by atoms with Crippen LogP contribution in [0.4, 0.5) is 0 Å². The summed E-state index contributed by atoms with van der Waals surface area (Å²) in [5.41, 5.74) is 0. The van der Waals surface area contributed by atoms with E-state index in [1.54, 1.807) is 0 Å². The minimum atomic E-state index is 0.623. The smallest absolute Gasteiger partial charge is 0.0220 e. The molecule has 0 radical (unpaired) electrons. The van der Waals surface area contributed by atoms with Crippen LogP contribution in [-0.4, -0.2) is 37.6 Å². The first-order chi connectivity index (χ1) is 7.91. The highest BCUT2D eigenvalue weighted by atomic mass is 15.1. The predicted octanol–water partition coefficient (Wildman–Crippen LogP) is 2.99. The highest BCUT2D eigenvalue weighted by Crippen LogP contribution is 2.29. The van der Waals surface area contributed by atoms with Crippen LogP contribution >= 0.6 is 0 Å². The fourth-order valence-electron chi connectivity index (χ4n) is 3.11. The normalized spacial score (nSPS) is 32.1. The number of hydrogen-bond donors (Lipinski definition) is 1. The molecule has 1 rings (SSSR count). The second-order valence-electron chi connectivity index (χ2n) is 6.69. The zero-order chi connectivity index (χ0) is 13.0. The highest BCUT2D eigenvalue weighted by Gasteiger charge is 2.30. The van der Waals surface area contributed by atoms with Gasteiger partial charge in [-0.3, -0.25) is 0 Å². The molecule has 1 N–H and O–H groups in total. The Kier molecular flexibility index (Phi) is 5.94. The Morgan fingerprint density at radius 1 is 1.12 bits per heavy atom. The van der Waals surface area contributed by atoms with Crippen molar-refractivity contribution in [2.75, 3.05) is 20.6 Å². The largest absolute Gasteiger partial charge is 0.309 e. The highest BCUT2D eigenvalue weighted by molar-refractivity contribution is 4.87. The maximum Gasteiger partial charge on any atom is 0.0220 e. The van der Waals surface area contributed by atoms with Gasteiger partial charge in [0.05, 0.1) is 0 Å². The van der Waals surface area contributed by atoms with Crippen molar-refractivity contribution in [1.29, 1.82) is 0 Å². The average molecular weight is 240 g/mol. The number of nitrogens with one attached hydrogen (secondary N) is 1. The van der Waals surface area contributed by atoms with Crippen molar-refractivity contribution in [2.45, 2.75) is 59.0 Å². The number of hydrogen-bond acceptors (Lipinski definition) is 2. The summed E-state index contributed by atoms with van der Waals surface area (Å²) in [5, 5.41) is 3.94. The van der Waals surface area contributed by atoms with Crippen molar-refractivity contribution < 1.29 is 0 Å². The second kappa shape index (κ2) is 6.75. The zero-order valence-electron chi connectivity index (χ0n) is 12.7. The number of likely N-dealkylation sites (N-methyl/N-ethyl adjacent to an activating group) is 1. The van der Waals surface area contributed by atoms with Crippen LogP contribution in [0, 0.1) is 17.8 Å². The molecule has 102 valence electrons. The van der Waals surface area contributed by atoms with E-state index in [2.05, 4.69) is 52.0 Å². The lowest BCUT2D eigenvalue weighted by atomic mass is 9.78. The molecule has 1 aliphatic carbocycles. The molecule has 2 nitrogen and oxygen atoms in total. The van der Waals surface area contributed by atoms with Crippen molar-refractivity contribution in [3.8, 4) is 0 Å². The van der Waals surface area contributed by atoms with Crippen LogP contribution in [0.15, 0.2) is 0 Å². The lowest BCUT2D eigenvalue weighted by Gasteiger charge is -2.39. The van der Waals surface area contributed by atoms with E-state index in [0.717, 1.165) is 24.4 Å². The van der Waals surface area contributed by atoms with E-state index in [1.807, 2.05) is 0 Å². The van der Waals surface area contributed by atoms with Crippen LogP contribution in [0.1, 0.15) is 47.0 Å². The average Bonchev–Trinajstić information content (AvgIpc) is 2.21. The molecule has 0 bridgehead atoms. The van der Waals surface area contributed by atoms with Gasteiger partial charge in [-0.1, -0.05) is 34.1 Å². The van der Waals surface area contributed by atoms with Gasteiger partial charge in [0.2, 0.25) is 0 Å². The third kappa shape index (κ3) is 4.59. The molecule has 1 fully saturated rings. The molecule has 1 aliphatic rings. The van der Waals surface area contributed by atoms with E-state index >= 15 is 0 Å². The van der Waals surface area contributed by atoms with Gasteiger partial charge in [-0.2, -0.15) is 0 Å². The molecule has 0 aromatic carbocycles. The monoisotopic (exact) mass is 240 g/mol. The van der Waals surface area contributed by atoms with Gasteiger partial charge in [0.25, 0.3) is 0 Å². The Morgan fingerprint density at radius 3 is 2.06 bits per heavy atom. The van der Waals surface area contributed by atoms with Crippen molar-refractivity contribution in [3.05, 3.63) is 0 Å². The van der Waals surface area contributed by atoms with Gasteiger partial charge >= 0.3 is 0 Å². The Balaban J connectivity index is 2.57. The van der Waals surface area contributed by atoms with E-state index in [4.69, 9.17) is 0 Å². The molecule has 0 aliphatic heterocycles. The summed E-state index contributed by atoms with van der Waals surface area (Å²) in [7, 11) is 4.34. The fraction of sp³-hybridized carbons (Fsp3) is 1.00. The topological polar surface area (TPSA) is 15.3 Å². The summed E-state index contributed by atoms with van der Waals surface area (Å²) in [6.45, 7) is 10.6. The second-order valence-corrected chi connectivity index (χ2v) is 6.69. The molecule has 0 heterocycles. The molecule has 0 aromatic rings. The van der Waals surface area contributed by atoms with Gasteiger partial charge in [-0.15, -0.1) is 0 Å². The van der Waals surface area contributed by atoms with Gasteiger partial charge < -0.3 is 10.2 Å². The molecular formula is C15H32N2. The van der Waals surface area contributed by atoms with Crippen LogP contribution in [0.2, 0.25) is 0 Å². The van der Waals surface area contributed by atoms with Crippen LogP contribution in [-0.2, 0) is 0 Å². The maximum atomic E-state index is 3.94. The minimum absolute atomic E-state index is 0.623. The maximum absolute atomic E-state index is 3.94. The summed E-state index contributed by atoms with van der Waals surface area (Å²) >= 11 is 0. The molecule has 17 heavy (non-hydrogen) atoms. The molecular weight excluding hydrogens is 208 g/mol. The summed E-state index contributed by atoms with van der Waals surface area (Å²) in [5.74, 6) is 2.38. The lowest BCUT2D eigenvalue weighted by Crippen LogP contribution is -2.52. The number of rotatable bonds is 5. The Hall–Kier alpha value is -0.0800. The van der Waals surface area contributed by atoms with Crippen molar-refractivity contribution in [2.24, 2.45) is 17.8 Å². The molecule has 3 atom stereocenters. The van der Waals surface area contributed by atoms with Crippen LogP contribution in [0.5, 0.6) is 0 Å². The van der Waals surface area contributed by atoms with Crippen LogP contribution < -0.4 is 5.32 Å². The molecule has 0 aromatic heterocycles. The standard InChI is InChI=1S/C15H32N2/c1-11(2)14(10-17(5)6)16-15-12(3)8-7-9-13(15)4/h11-16H,7-10H2,1-6H3. The number of nitrogens with zero attached hydrogens (tertiary/aromatic N) is 1. The van der Waals surface area contributed by atoms with E-state index in [-0.39, 0.29) is 0 Å². The minimum Gasteiger partial charge on any atom is -0.309 e. The molecule has 0 spiro atoms. The van der Waals surface area contributed by atoms with E-state index < -0.39 is 0 Å². The van der Waals surface area contributed by atoms with Gasteiger partial charge in [-0.05, 0) is 44.7 Å². The first-order valence-corrected chi connectivity index (χ1v) is 7.32. The Morgan fingerprint density at radius 2 is 1.65 bits per heavy atom. The third-order valence-corrected chi connectivity index (χ3v) is 4.32. The van der Waals surface area contributed by atoms with Crippen molar-refractivity contribution in [1.82, 2.24) is 10.2 Å². The van der Waals surface area contributed by atoms with Gasteiger partial charge in [0, 0.05) is 18.6 Å². The molecule has 0 amide bonds. The van der Waals surface area contributed by atoms with Gasteiger partial charge in [-0.25, -0.2) is 0 Å². The van der Waals surface area contributed by atoms with Gasteiger partial charge in [0.1, 0.15) is 0 Å². The lowest BCUT2D eigenvalue weighted by molar-refractivity contribution is 0.165. The summed E-state index contributed by atoms with van der Waals surface area (Å²) < 4.78 is 0. The molecule has 2 heteroatoms. The SMILES string of the molecule is CC(C)C(CN(C)C)NC1C(C)CCCC1C. The molecule has 3 unspecified atom stereocenters.